The Morgan fingerprint density at radius 1 is 1.60 bits per heavy atom. The fourth-order valence-electron chi connectivity index (χ4n) is 1.64. The van der Waals surface area contributed by atoms with Crippen molar-refractivity contribution < 1.29 is 9.90 Å². The molecule has 6 heteroatoms. The average molecular weight is 231 g/mol. The summed E-state index contributed by atoms with van der Waals surface area (Å²) in [5.41, 5.74) is 0. The number of carboxylic acid groups (broad SMARTS) is 1. The van der Waals surface area contributed by atoms with E-state index in [2.05, 4.69) is 5.32 Å². The van der Waals surface area contributed by atoms with Gasteiger partial charge in [0.1, 0.15) is 0 Å². The third kappa shape index (κ3) is 3.99. The van der Waals surface area contributed by atoms with Crippen molar-refractivity contribution in [2.45, 2.75) is 12.8 Å². The van der Waals surface area contributed by atoms with E-state index >= 15 is 0 Å². The standard InChI is InChI=1S/C9H17N3O2S/c1-15-8(10)11-6-7-2-4-12(5-3-7)9(13)14/h7H,2-6H2,1H3,(H2,10,11)(H,13,14). The van der Waals surface area contributed by atoms with Crippen LogP contribution in [0.25, 0.3) is 0 Å². The molecule has 1 heterocycles. The Labute approximate surface area is 93.7 Å². The summed E-state index contributed by atoms with van der Waals surface area (Å²) in [6.07, 6.45) is 2.82. The fourth-order valence-corrected chi connectivity index (χ4v) is 1.87. The lowest BCUT2D eigenvalue weighted by molar-refractivity contribution is 0.125. The van der Waals surface area contributed by atoms with Crippen LogP contribution in [0.4, 0.5) is 4.79 Å². The van der Waals surface area contributed by atoms with E-state index in [1.54, 1.807) is 0 Å². The van der Waals surface area contributed by atoms with Gasteiger partial charge in [-0.25, -0.2) is 4.79 Å². The highest BCUT2D eigenvalue weighted by Gasteiger charge is 2.21. The van der Waals surface area contributed by atoms with E-state index in [1.165, 1.54) is 16.7 Å². The third-order valence-corrected chi connectivity index (χ3v) is 3.19. The molecule has 0 aromatic carbocycles. The summed E-state index contributed by atoms with van der Waals surface area (Å²) in [6, 6.07) is 0. The highest BCUT2D eigenvalue weighted by Crippen LogP contribution is 2.16. The van der Waals surface area contributed by atoms with Gasteiger partial charge in [-0.1, -0.05) is 11.8 Å². The first-order chi connectivity index (χ1) is 7.13. The number of hydrogen-bond donors (Lipinski definition) is 3. The summed E-state index contributed by atoms with van der Waals surface area (Å²) in [4.78, 5) is 12.1. The van der Waals surface area contributed by atoms with Crippen molar-refractivity contribution in [1.82, 2.24) is 10.2 Å². The first-order valence-corrected chi connectivity index (χ1v) is 6.20. The molecule has 0 atom stereocenters. The molecule has 0 aromatic rings. The molecule has 0 bridgehead atoms. The van der Waals surface area contributed by atoms with E-state index in [4.69, 9.17) is 10.5 Å². The second-order valence-electron chi connectivity index (χ2n) is 3.63. The summed E-state index contributed by atoms with van der Waals surface area (Å²) < 4.78 is 0. The van der Waals surface area contributed by atoms with Crippen LogP contribution in [0, 0.1) is 11.3 Å². The summed E-state index contributed by atoms with van der Waals surface area (Å²) in [5.74, 6) is 0.494. The van der Waals surface area contributed by atoms with Crippen molar-refractivity contribution in [2.24, 2.45) is 5.92 Å². The Hall–Kier alpha value is -0.910. The van der Waals surface area contributed by atoms with E-state index in [0.717, 1.165) is 19.4 Å². The molecule has 0 spiro atoms. The largest absolute Gasteiger partial charge is 0.465 e. The van der Waals surface area contributed by atoms with E-state index in [-0.39, 0.29) is 0 Å². The van der Waals surface area contributed by atoms with Crippen molar-refractivity contribution in [2.75, 3.05) is 25.9 Å². The van der Waals surface area contributed by atoms with Crippen LogP contribution >= 0.6 is 11.8 Å². The molecular formula is C9H17N3O2S. The summed E-state index contributed by atoms with van der Waals surface area (Å²) in [7, 11) is 0. The molecule has 0 aromatic heterocycles. The van der Waals surface area contributed by atoms with Gasteiger partial charge < -0.3 is 15.3 Å². The zero-order valence-electron chi connectivity index (χ0n) is 8.82. The van der Waals surface area contributed by atoms with Crippen molar-refractivity contribution in [3.8, 4) is 0 Å². The molecule has 1 aliphatic rings. The lowest BCUT2D eigenvalue weighted by atomic mass is 9.97. The molecule has 0 aliphatic carbocycles. The van der Waals surface area contributed by atoms with E-state index < -0.39 is 6.09 Å². The number of likely N-dealkylation sites (tertiary alicyclic amines) is 1. The number of thioether (sulfide) groups is 1. The van der Waals surface area contributed by atoms with Gasteiger partial charge in [-0.3, -0.25) is 5.41 Å². The fraction of sp³-hybridized carbons (Fsp3) is 0.778. The van der Waals surface area contributed by atoms with E-state index in [1.807, 2.05) is 6.26 Å². The third-order valence-electron chi connectivity index (χ3n) is 2.64. The molecule has 0 unspecified atom stereocenters. The molecule has 1 rings (SSSR count). The minimum atomic E-state index is -0.821. The first-order valence-electron chi connectivity index (χ1n) is 4.97. The molecule has 1 fully saturated rings. The molecular weight excluding hydrogens is 214 g/mol. The van der Waals surface area contributed by atoms with Crippen LogP contribution in [-0.2, 0) is 0 Å². The summed E-state index contributed by atoms with van der Waals surface area (Å²) in [6.45, 7) is 2.02. The smallest absolute Gasteiger partial charge is 0.407 e. The van der Waals surface area contributed by atoms with Crippen molar-refractivity contribution in [1.29, 1.82) is 5.41 Å². The van der Waals surface area contributed by atoms with Gasteiger partial charge in [0, 0.05) is 19.6 Å². The van der Waals surface area contributed by atoms with Gasteiger partial charge in [0.15, 0.2) is 5.17 Å². The zero-order valence-corrected chi connectivity index (χ0v) is 9.64. The molecule has 86 valence electrons. The highest BCUT2D eigenvalue weighted by atomic mass is 32.2. The predicted octanol–water partition coefficient (Wildman–Crippen LogP) is 1.26. The maximum Gasteiger partial charge on any atom is 0.407 e. The van der Waals surface area contributed by atoms with E-state index in [9.17, 15) is 4.79 Å². The lowest BCUT2D eigenvalue weighted by Gasteiger charge is -2.30. The second kappa shape index (κ2) is 5.85. The van der Waals surface area contributed by atoms with Gasteiger partial charge in [0.05, 0.1) is 0 Å². The number of carbonyl (C=O) groups is 1. The molecule has 1 amide bonds. The average Bonchev–Trinajstić information content (AvgIpc) is 2.26. The van der Waals surface area contributed by atoms with Gasteiger partial charge in [-0.15, -0.1) is 0 Å². The van der Waals surface area contributed by atoms with Crippen LogP contribution in [-0.4, -0.2) is 47.2 Å². The normalized spacial score (nSPS) is 17.5. The number of nitrogens with one attached hydrogen (secondary N) is 2. The van der Waals surface area contributed by atoms with Crippen molar-refractivity contribution >= 4 is 23.0 Å². The zero-order chi connectivity index (χ0) is 11.3. The maximum atomic E-state index is 10.6. The molecule has 5 nitrogen and oxygen atoms in total. The number of rotatable bonds is 2. The second-order valence-corrected chi connectivity index (χ2v) is 4.44. The van der Waals surface area contributed by atoms with Crippen LogP contribution in [0.1, 0.15) is 12.8 Å². The Kier molecular flexibility index (Phi) is 4.74. The van der Waals surface area contributed by atoms with Crippen LogP contribution in [0.5, 0.6) is 0 Å². The number of piperidine rings is 1. The number of amides is 1. The van der Waals surface area contributed by atoms with Crippen LogP contribution in [0.2, 0.25) is 0 Å². The monoisotopic (exact) mass is 231 g/mol. The van der Waals surface area contributed by atoms with Gasteiger partial charge in [0.2, 0.25) is 0 Å². The molecule has 1 aliphatic heterocycles. The minimum absolute atomic E-state index is 0.482. The molecule has 0 radical (unpaired) electrons. The summed E-state index contributed by atoms with van der Waals surface area (Å²) >= 11 is 1.39. The quantitative estimate of drug-likeness (QED) is 0.494. The van der Waals surface area contributed by atoms with Crippen molar-refractivity contribution in [3.05, 3.63) is 0 Å². The topological polar surface area (TPSA) is 76.4 Å². The van der Waals surface area contributed by atoms with Gasteiger partial charge in [0.25, 0.3) is 0 Å². The van der Waals surface area contributed by atoms with Crippen LogP contribution in [0.15, 0.2) is 0 Å². The number of nitrogens with zero attached hydrogens (tertiary/aromatic N) is 1. The van der Waals surface area contributed by atoms with Crippen LogP contribution in [0.3, 0.4) is 0 Å². The number of hydrogen-bond acceptors (Lipinski definition) is 3. The Morgan fingerprint density at radius 3 is 2.67 bits per heavy atom. The first kappa shape index (κ1) is 12.2. The van der Waals surface area contributed by atoms with Crippen molar-refractivity contribution in [3.63, 3.8) is 0 Å². The molecule has 3 N–H and O–H groups in total. The molecule has 1 saturated heterocycles. The molecule has 0 saturated carbocycles. The van der Waals surface area contributed by atoms with E-state index in [0.29, 0.717) is 24.2 Å². The lowest BCUT2D eigenvalue weighted by Crippen LogP contribution is -2.40. The Morgan fingerprint density at radius 2 is 2.20 bits per heavy atom. The highest BCUT2D eigenvalue weighted by molar-refractivity contribution is 8.13. The SMILES string of the molecule is CSC(=N)NCC1CCN(C(=O)O)CC1. The molecule has 15 heavy (non-hydrogen) atoms. The van der Waals surface area contributed by atoms with Gasteiger partial charge >= 0.3 is 6.09 Å². The number of amidine groups is 1. The Balaban J connectivity index is 2.20. The Bertz CT molecular complexity index is 240. The van der Waals surface area contributed by atoms with Crippen LogP contribution < -0.4 is 5.32 Å². The van der Waals surface area contributed by atoms with Gasteiger partial charge in [-0.05, 0) is 25.0 Å². The minimum Gasteiger partial charge on any atom is -0.465 e. The predicted molar refractivity (Wildman–Crippen MR) is 61.6 cm³/mol. The summed E-state index contributed by atoms with van der Waals surface area (Å²) in [5, 5.41) is 19.7. The maximum absolute atomic E-state index is 10.6. The van der Waals surface area contributed by atoms with Gasteiger partial charge in [-0.2, -0.15) is 0 Å².